The maximum absolute atomic E-state index is 11.6. The minimum atomic E-state index is -1.41. The third-order valence-corrected chi connectivity index (χ3v) is 4.11. The van der Waals surface area contributed by atoms with Crippen molar-refractivity contribution in [1.29, 1.82) is 0 Å². The van der Waals surface area contributed by atoms with Crippen LogP contribution in [0.4, 0.5) is 0 Å². The molecule has 2 aromatic rings. The number of halogens is 2. The Morgan fingerprint density at radius 1 is 0.958 bits per heavy atom. The lowest BCUT2D eigenvalue weighted by Gasteiger charge is -2.21. The van der Waals surface area contributed by atoms with Crippen LogP contribution in [-0.2, 0) is 9.53 Å². The molecule has 1 atom stereocenters. The van der Waals surface area contributed by atoms with Gasteiger partial charge in [-0.3, -0.25) is 4.79 Å². The van der Waals surface area contributed by atoms with E-state index in [1.807, 2.05) is 12.1 Å². The maximum Gasteiger partial charge on any atom is 0.488 e. The molecule has 0 bridgehead atoms. The number of carbonyl (C=O) groups excluding carboxylic acids is 1. The molecule has 1 saturated heterocycles. The molecule has 1 aliphatic rings. The molecule has 1 fully saturated rings. The Bertz CT molecular complexity index is 659. The Kier molecular flexibility index (Phi) is 7.27. The predicted octanol–water partition coefficient (Wildman–Crippen LogP) is 2.43. The van der Waals surface area contributed by atoms with Crippen LogP contribution in [-0.4, -0.2) is 36.2 Å². The van der Waals surface area contributed by atoms with Crippen molar-refractivity contribution in [3.8, 4) is 0 Å². The van der Waals surface area contributed by atoms with E-state index in [-0.39, 0.29) is 11.7 Å². The number of ketones is 1. The highest BCUT2D eigenvalue weighted by atomic mass is 35.5. The molecule has 24 heavy (non-hydrogen) atoms. The summed E-state index contributed by atoms with van der Waals surface area (Å²) < 4.78 is 5.28. The second-order valence-corrected chi connectivity index (χ2v) is 6.19. The second-order valence-electron chi connectivity index (χ2n) is 5.32. The molecule has 0 aliphatic carbocycles. The summed E-state index contributed by atoms with van der Waals surface area (Å²) in [5, 5.41) is 18.5. The molecule has 2 aromatic carbocycles. The summed E-state index contributed by atoms with van der Waals surface area (Å²) in [4.78, 5) is 11.6. The summed E-state index contributed by atoms with van der Waals surface area (Å²) in [6.45, 7) is 1.06. The van der Waals surface area contributed by atoms with E-state index in [1.54, 1.807) is 36.4 Å². The molecular formula is C17H17BCl2O4. The maximum atomic E-state index is 11.6. The summed E-state index contributed by atoms with van der Waals surface area (Å²) in [5.74, 6) is 0.166. The zero-order valence-electron chi connectivity index (χ0n) is 12.9. The van der Waals surface area contributed by atoms with Gasteiger partial charge in [0, 0.05) is 16.5 Å². The fraction of sp³-hybridized carbons (Fsp3) is 0.235. The molecule has 0 amide bonds. The van der Waals surface area contributed by atoms with E-state index in [0.717, 1.165) is 5.56 Å². The minimum Gasteiger partial charge on any atom is -0.423 e. The van der Waals surface area contributed by atoms with E-state index in [2.05, 4.69) is 0 Å². The van der Waals surface area contributed by atoms with E-state index in [1.165, 1.54) is 0 Å². The van der Waals surface area contributed by atoms with Gasteiger partial charge in [-0.15, -0.1) is 0 Å². The highest BCUT2D eigenvalue weighted by molar-refractivity contribution is 6.58. The third-order valence-electron chi connectivity index (χ3n) is 3.61. The molecular weight excluding hydrogens is 350 g/mol. The Morgan fingerprint density at radius 2 is 1.50 bits per heavy atom. The Labute approximate surface area is 151 Å². The molecule has 1 aliphatic heterocycles. The fourth-order valence-electron chi connectivity index (χ4n) is 2.25. The van der Waals surface area contributed by atoms with Gasteiger partial charge in [0.25, 0.3) is 0 Å². The smallest absolute Gasteiger partial charge is 0.423 e. The summed E-state index contributed by atoms with van der Waals surface area (Å²) in [6, 6.07) is 13.7. The van der Waals surface area contributed by atoms with Crippen molar-refractivity contribution in [3.63, 3.8) is 0 Å². The summed E-state index contributed by atoms with van der Waals surface area (Å²) in [5.41, 5.74) is 1.45. The molecule has 0 radical (unpaired) electrons. The second kappa shape index (κ2) is 9.21. The van der Waals surface area contributed by atoms with Crippen molar-refractivity contribution in [2.24, 2.45) is 0 Å². The SMILES string of the molecule is O=C1CCOCC1c1ccc(Cl)cc1.OB(O)c1ccc(Cl)cc1. The molecule has 0 spiro atoms. The molecule has 7 heteroatoms. The van der Waals surface area contributed by atoms with Crippen LogP contribution >= 0.6 is 23.2 Å². The molecule has 3 rings (SSSR count). The van der Waals surface area contributed by atoms with Gasteiger partial charge in [0.05, 0.1) is 19.1 Å². The molecule has 2 N–H and O–H groups in total. The van der Waals surface area contributed by atoms with Crippen LogP contribution in [0.15, 0.2) is 48.5 Å². The van der Waals surface area contributed by atoms with Gasteiger partial charge in [-0.25, -0.2) is 0 Å². The zero-order chi connectivity index (χ0) is 17.5. The zero-order valence-corrected chi connectivity index (χ0v) is 14.4. The molecule has 0 aromatic heterocycles. The number of hydrogen-bond acceptors (Lipinski definition) is 4. The van der Waals surface area contributed by atoms with Crippen LogP contribution in [0.1, 0.15) is 17.9 Å². The van der Waals surface area contributed by atoms with E-state index < -0.39 is 7.12 Å². The molecule has 126 valence electrons. The van der Waals surface area contributed by atoms with Crippen LogP contribution in [0, 0.1) is 0 Å². The van der Waals surface area contributed by atoms with E-state index >= 15 is 0 Å². The number of Topliss-reactive ketones (excluding diaryl/α,β-unsaturated/α-hetero) is 1. The first-order valence-corrected chi connectivity index (χ1v) is 8.20. The highest BCUT2D eigenvalue weighted by Crippen LogP contribution is 2.23. The van der Waals surface area contributed by atoms with Gasteiger partial charge in [-0.1, -0.05) is 47.5 Å². The fourth-order valence-corrected chi connectivity index (χ4v) is 2.51. The van der Waals surface area contributed by atoms with Gasteiger partial charge in [0.1, 0.15) is 5.78 Å². The number of rotatable bonds is 2. The lowest BCUT2D eigenvalue weighted by molar-refractivity contribution is -0.126. The first-order valence-electron chi connectivity index (χ1n) is 7.45. The lowest BCUT2D eigenvalue weighted by atomic mass is 9.81. The quantitative estimate of drug-likeness (QED) is 0.801. The largest absolute Gasteiger partial charge is 0.488 e. The monoisotopic (exact) mass is 366 g/mol. The highest BCUT2D eigenvalue weighted by Gasteiger charge is 2.24. The van der Waals surface area contributed by atoms with Gasteiger partial charge < -0.3 is 14.8 Å². The van der Waals surface area contributed by atoms with Crippen molar-refractivity contribution >= 4 is 41.6 Å². The minimum absolute atomic E-state index is 0.0963. The molecule has 0 saturated carbocycles. The number of ether oxygens (including phenoxy) is 1. The van der Waals surface area contributed by atoms with Crippen molar-refractivity contribution in [3.05, 3.63) is 64.1 Å². The van der Waals surface area contributed by atoms with E-state index in [9.17, 15) is 4.79 Å². The van der Waals surface area contributed by atoms with Crippen molar-refractivity contribution < 1.29 is 19.6 Å². The van der Waals surface area contributed by atoms with Crippen LogP contribution in [0.2, 0.25) is 10.0 Å². The van der Waals surface area contributed by atoms with Gasteiger partial charge in [0.2, 0.25) is 0 Å². The number of carbonyl (C=O) groups is 1. The average Bonchev–Trinajstić information content (AvgIpc) is 2.57. The van der Waals surface area contributed by atoms with Gasteiger partial charge >= 0.3 is 7.12 Å². The normalized spacial score (nSPS) is 17.0. The van der Waals surface area contributed by atoms with Gasteiger partial charge in [-0.2, -0.15) is 0 Å². The summed E-state index contributed by atoms with van der Waals surface area (Å²) >= 11 is 11.3. The lowest BCUT2D eigenvalue weighted by Crippen LogP contribution is -2.29. The van der Waals surface area contributed by atoms with E-state index in [0.29, 0.717) is 35.1 Å². The van der Waals surface area contributed by atoms with Crippen LogP contribution < -0.4 is 5.46 Å². The topological polar surface area (TPSA) is 66.8 Å². The molecule has 4 nitrogen and oxygen atoms in total. The van der Waals surface area contributed by atoms with Gasteiger partial charge in [0.15, 0.2) is 0 Å². The first kappa shape index (κ1) is 19.0. The van der Waals surface area contributed by atoms with Crippen molar-refractivity contribution in [2.45, 2.75) is 12.3 Å². The van der Waals surface area contributed by atoms with Crippen LogP contribution in [0.3, 0.4) is 0 Å². The standard InChI is InChI=1S/C11H11ClO2.C6H6BClO2/c12-9-3-1-8(2-4-9)10-7-14-6-5-11(10)13;8-6-3-1-5(2-4-6)7(9)10/h1-4,10H,5-7H2;1-4,9-10H. The number of benzene rings is 2. The molecule has 1 unspecified atom stereocenters. The number of hydrogen-bond donors (Lipinski definition) is 2. The van der Waals surface area contributed by atoms with Gasteiger partial charge in [-0.05, 0) is 35.3 Å². The summed E-state index contributed by atoms with van der Waals surface area (Å²) in [7, 11) is -1.41. The summed E-state index contributed by atoms with van der Waals surface area (Å²) in [6.07, 6.45) is 0.521. The van der Waals surface area contributed by atoms with Crippen LogP contribution in [0.25, 0.3) is 0 Å². The average molecular weight is 367 g/mol. The Hall–Kier alpha value is -1.37. The molecule has 1 heterocycles. The van der Waals surface area contributed by atoms with E-state index in [4.69, 9.17) is 38.0 Å². The van der Waals surface area contributed by atoms with Crippen molar-refractivity contribution in [2.75, 3.05) is 13.2 Å². The third kappa shape index (κ3) is 5.62. The van der Waals surface area contributed by atoms with Crippen LogP contribution in [0.5, 0.6) is 0 Å². The van der Waals surface area contributed by atoms with Crippen molar-refractivity contribution in [1.82, 2.24) is 0 Å². The Morgan fingerprint density at radius 3 is 2.00 bits per heavy atom. The Balaban J connectivity index is 0.000000185. The predicted molar refractivity (Wildman–Crippen MR) is 95.9 cm³/mol. The first-order chi connectivity index (χ1) is 11.5.